The second kappa shape index (κ2) is 7.43. The van der Waals surface area contributed by atoms with Gasteiger partial charge in [0.15, 0.2) is 5.78 Å². The number of carbonyl (C=O) groups is 1. The number of H-pyrrole nitrogens is 1. The van der Waals surface area contributed by atoms with E-state index in [9.17, 15) is 4.79 Å². The number of hydrogen-bond donors (Lipinski definition) is 1. The summed E-state index contributed by atoms with van der Waals surface area (Å²) >= 11 is 0. The highest BCUT2D eigenvalue weighted by atomic mass is 16.1. The third kappa shape index (κ3) is 4.13. The Morgan fingerprint density at radius 2 is 2.11 bits per heavy atom. The second-order valence-electron chi connectivity index (χ2n) is 7.56. The standard InChI is InChI=1S/C22H24N4O/c1-14-6-9-19(25-22(14)17-7-8-17)20(27)12-16-4-3-5-18(11-16)15(2)10-21-23-13-24-26-21/h3-6,9,11,13,15,17H,7-8,10,12H2,1-2H3,(H,23,24,26)/t15-/m1/s1. The van der Waals surface area contributed by atoms with Crippen molar-refractivity contribution in [3.63, 3.8) is 0 Å². The summed E-state index contributed by atoms with van der Waals surface area (Å²) in [6.07, 6.45) is 5.08. The van der Waals surface area contributed by atoms with Crippen molar-refractivity contribution in [1.29, 1.82) is 0 Å². The summed E-state index contributed by atoms with van der Waals surface area (Å²) in [5.41, 5.74) is 5.11. The summed E-state index contributed by atoms with van der Waals surface area (Å²) in [6.45, 7) is 4.24. The molecule has 0 bridgehead atoms. The van der Waals surface area contributed by atoms with Crippen molar-refractivity contribution >= 4 is 5.78 Å². The molecule has 1 N–H and O–H groups in total. The fraction of sp³-hybridized carbons (Fsp3) is 0.364. The number of hydrogen-bond acceptors (Lipinski definition) is 4. The molecule has 0 aliphatic heterocycles. The van der Waals surface area contributed by atoms with Crippen LogP contribution in [0.2, 0.25) is 0 Å². The van der Waals surface area contributed by atoms with Crippen LogP contribution in [0.15, 0.2) is 42.7 Å². The van der Waals surface area contributed by atoms with Crippen molar-refractivity contribution in [2.75, 3.05) is 0 Å². The molecule has 0 unspecified atom stereocenters. The van der Waals surface area contributed by atoms with Crippen molar-refractivity contribution in [2.24, 2.45) is 0 Å². The first-order valence-electron chi connectivity index (χ1n) is 9.54. The molecule has 138 valence electrons. The fourth-order valence-corrected chi connectivity index (χ4v) is 3.49. The number of pyridine rings is 1. The number of ketones is 1. The van der Waals surface area contributed by atoms with Crippen LogP contribution < -0.4 is 0 Å². The van der Waals surface area contributed by atoms with Crippen LogP contribution in [-0.2, 0) is 12.8 Å². The van der Waals surface area contributed by atoms with E-state index < -0.39 is 0 Å². The summed E-state index contributed by atoms with van der Waals surface area (Å²) < 4.78 is 0. The molecule has 5 nitrogen and oxygen atoms in total. The first kappa shape index (κ1) is 17.6. The number of aromatic nitrogens is 4. The maximum Gasteiger partial charge on any atom is 0.185 e. The van der Waals surface area contributed by atoms with Crippen LogP contribution in [0.4, 0.5) is 0 Å². The highest BCUT2D eigenvalue weighted by molar-refractivity contribution is 5.95. The van der Waals surface area contributed by atoms with E-state index in [-0.39, 0.29) is 5.78 Å². The van der Waals surface area contributed by atoms with Gasteiger partial charge in [-0.1, -0.05) is 37.3 Å². The van der Waals surface area contributed by atoms with Gasteiger partial charge >= 0.3 is 0 Å². The average molecular weight is 360 g/mol. The lowest BCUT2D eigenvalue weighted by Gasteiger charge is -2.12. The van der Waals surface area contributed by atoms with E-state index in [1.54, 1.807) is 0 Å². The number of carbonyl (C=O) groups excluding carboxylic acids is 1. The third-order valence-corrected chi connectivity index (χ3v) is 5.24. The Bertz CT molecular complexity index is 945. The molecular formula is C22H24N4O. The zero-order chi connectivity index (χ0) is 18.8. The van der Waals surface area contributed by atoms with Crippen molar-refractivity contribution in [1.82, 2.24) is 20.2 Å². The molecule has 0 amide bonds. The lowest BCUT2D eigenvalue weighted by Crippen LogP contribution is -2.09. The molecule has 5 heteroatoms. The number of aryl methyl sites for hydroxylation is 1. The predicted octanol–water partition coefficient (Wildman–Crippen LogP) is 4.16. The van der Waals surface area contributed by atoms with E-state index in [0.717, 1.165) is 23.5 Å². The lowest BCUT2D eigenvalue weighted by atomic mass is 9.94. The van der Waals surface area contributed by atoms with Gasteiger partial charge in [-0.3, -0.25) is 9.89 Å². The van der Waals surface area contributed by atoms with E-state index in [0.29, 0.717) is 24.0 Å². The Labute approximate surface area is 159 Å². The van der Waals surface area contributed by atoms with E-state index in [4.69, 9.17) is 0 Å². The molecule has 1 atom stereocenters. The average Bonchev–Trinajstić information content (AvgIpc) is 3.39. The maximum absolute atomic E-state index is 12.8. The first-order valence-corrected chi connectivity index (χ1v) is 9.54. The van der Waals surface area contributed by atoms with Crippen molar-refractivity contribution in [2.45, 2.75) is 51.4 Å². The Kier molecular flexibility index (Phi) is 4.84. The minimum absolute atomic E-state index is 0.0805. The van der Waals surface area contributed by atoms with Crippen LogP contribution in [-0.4, -0.2) is 25.9 Å². The van der Waals surface area contributed by atoms with Crippen molar-refractivity contribution in [3.8, 4) is 0 Å². The molecule has 1 aromatic carbocycles. The number of benzene rings is 1. The van der Waals surface area contributed by atoms with E-state index in [1.807, 2.05) is 24.3 Å². The van der Waals surface area contributed by atoms with Gasteiger partial charge in [0.2, 0.25) is 0 Å². The Morgan fingerprint density at radius 1 is 1.26 bits per heavy atom. The molecule has 0 spiro atoms. The minimum atomic E-state index is 0.0805. The molecule has 2 heterocycles. The highest BCUT2D eigenvalue weighted by Crippen LogP contribution is 2.40. The van der Waals surface area contributed by atoms with E-state index in [2.05, 4.69) is 46.1 Å². The second-order valence-corrected chi connectivity index (χ2v) is 7.56. The summed E-state index contributed by atoms with van der Waals surface area (Å²) in [5.74, 6) is 1.81. The topological polar surface area (TPSA) is 71.5 Å². The van der Waals surface area contributed by atoms with Crippen LogP contribution in [0.1, 0.15) is 70.3 Å². The van der Waals surface area contributed by atoms with Crippen molar-refractivity contribution in [3.05, 3.63) is 76.6 Å². The van der Waals surface area contributed by atoms with E-state index >= 15 is 0 Å². The van der Waals surface area contributed by atoms with Gasteiger partial charge in [0, 0.05) is 24.5 Å². The third-order valence-electron chi connectivity index (χ3n) is 5.24. The van der Waals surface area contributed by atoms with Gasteiger partial charge in [-0.05, 0) is 48.4 Å². The maximum atomic E-state index is 12.8. The normalized spacial score (nSPS) is 14.9. The number of nitrogens with one attached hydrogen (secondary N) is 1. The summed E-state index contributed by atoms with van der Waals surface area (Å²) in [4.78, 5) is 21.6. The van der Waals surface area contributed by atoms with Gasteiger partial charge in [0.05, 0.1) is 0 Å². The molecule has 3 aromatic rings. The quantitative estimate of drug-likeness (QED) is 0.642. The zero-order valence-corrected chi connectivity index (χ0v) is 15.8. The summed E-state index contributed by atoms with van der Waals surface area (Å²) in [5, 5.41) is 6.81. The molecule has 4 rings (SSSR count). The van der Waals surface area contributed by atoms with Gasteiger partial charge in [-0.15, -0.1) is 0 Å². The van der Waals surface area contributed by atoms with Gasteiger partial charge in [-0.2, -0.15) is 5.10 Å². The van der Waals surface area contributed by atoms with Crippen LogP contribution in [0.3, 0.4) is 0 Å². The molecule has 0 radical (unpaired) electrons. The van der Waals surface area contributed by atoms with Crippen LogP contribution in [0.25, 0.3) is 0 Å². The largest absolute Gasteiger partial charge is 0.292 e. The Balaban J connectivity index is 1.47. The SMILES string of the molecule is Cc1ccc(C(=O)Cc2cccc([C@H](C)Cc3ncn[nH]3)c2)nc1C1CC1. The first-order chi connectivity index (χ1) is 13.1. The molecule has 1 aliphatic rings. The monoisotopic (exact) mass is 360 g/mol. The molecule has 0 saturated heterocycles. The predicted molar refractivity (Wildman–Crippen MR) is 104 cm³/mol. The Morgan fingerprint density at radius 3 is 2.85 bits per heavy atom. The van der Waals surface area contributed by atoms with Crippen molar-refractivity contribution < 1.29 is 4.79 Å². The molecule has 1 fully saturated rings. The molecule has 1 saturated carbocycles. The van der Waals surface area contributed by atoms with Gasteiger partial charge in [0.1, 0.15) is 17.8 Å². The summed E-state index contributed by atoms with van der Waals surface area (Å²) in [6, 6.07) is 12.1. The van der Waals surface area contributed by atoms with Crippen LogP contribution in [0, 0.1) is 6.92 Å². The zero-order valence-electron chi connectivity index (χ0n) is 15.8. The van der Waals surface area contributed by atoms with Crippen LogP contribution >= 0.6 is 0 Å². The molecular weight excluding hydrogens is 336 g/mol. The number of rotatable bonds is 7. The number of nitrogens with zero attached hydrogens (tertiary/aromatic N) is 3. The van der Waals surface area contributed by atoms with Gasteiger partial charge in [-0.25, -0.2) is 9.97 Å². The highest BCUT2D eigenvalue weighted by Gasteiger charge is 2.27. The van der Waals surface area contributed by atoms with E-state index in [1.165, 1.54) is 30.3 Å². The Hall–Kier alpha value is -2.82. The number of aromatic amines is 1. The minimum Gasteiger partial charge on any atom is -0.292 e. The number of Topliss-reactive ketones (excluding diaryl/α,β-unsaturated/α-hetero) is 1. The smallest absolute Gasteiger partial charge is 0.185 e. The summed E-state index contributed by atoms with van der Waals surface area (Å²) in [7, 11) is 0. The van der Waals surface area contributed by atoms with Crippen LogP contribution in [0.5, 0.6) is 0 Å². The van der Waals surface area contributed by atoms with Gasteiger partial charge in [0.25, 0.3) is 0 Å². The molecule has 1 aliphatic carbocycles. The molecule has 2 aromatic heterocycles. The lowest BCUT2D eigenvalue weighted by molar-refractivity contribution is 0.0988. The van der Waals surface area contributed by atoms with Gasteiger partial charge < -0.3 is 0 Å². The fourth-order valence-electron chi connectivity index (χ4n) is 3.49. The molecule has 27 heavy (non-hydrogen) atoms.